The van der Waals surface area contributed by atoms with Gasteiger partial charge in [-0.25, -0.2) is 9.82 Å². The Hall–Kier alpha value is -2.01. The lowest BCUT2D eigenvalue weighted by Crippen LogP contribution is -2.18. The Balaban J connectivity index is 2.05. The molecule has 0 heterocycles. The highest BCUT2D eigenvalue weighted by molar-refractivity contribution is 9.10. The van der Waals surface area contributed by atoms with Gasteiger partial charge in [-0.1, -0.05) is 24.3 Å². The van der Waals surface area contributed by atoms with Gasteiger partial charge in [0.05, 0.1) is 10.7 Å². The van der Waals surface area contributed by atoms with Gasteiger partial charge >= 0.3 is 0 Å². The highest BCUT2D eigenvalue weighted by Crippen LogP contribution is 2.15. The molecule has 0 aliphatic carbocycles. The number of benzene rings is 2. The van der Waals surface area contributed by atoms with Crippen molar-refractivity contribution >= 4 is 28.1 Å². The van der Waals surface area contributed by atoms with E-state index in [0.29, 0.717) is 15.6 Å². The third-order valence-electron chi connectivity index (χ3n) is 2.71. The van der Waals surface area contributed by atoms with E-state index >= 15 is 0 Å². The van der Waals surface area contributed by atoms with Crippen molar-refractivity contribution in [2.75, 3.05) is 0 Å². The van der Waals surface area contributed by atoms with E-state index in [2.05, 4.69) is 26.5 Å². The predicted molar refractivity (Wildman–Crippen MR) is 80.3 cm³/mol. The van der Waals surface area contributed by atoms with Gasteiger partial charge < -0.3 is 0 Å². The van der Waals surface area contributed by atoms with Crippen molar-refractivity contribution in [3.05, 3.63) is 69.4 Å². The summed E-state index contributed by atoms with van der Waals surface area (Å²) in [6, 6.07) is 11.7. The van der Waals surface area contributed by atoms with Crippen LogP contribution < -0.4 is 5.43 Å². The van der Waals surface area contributed by atoms with Crippen LogP contribution in [0, 0.1) is 12.7 Å². The third kappa shape index (κ3) is 3.51. The molecular formula is C15H12BrFN2O. The Morgan fingerprint density at radius 1 is 1.30 bits per heavy atom. The van der Waals surface area contributed by atoms with Gasteiger partial charge in [-0.2, -0.15) is 5.10 Å². The quantitative estimate of drug-likeness (QED) is 0.675. The highest BCUT2D eigenvalue weighted by Gasteiger charge is 2.06. The SMILES string of the molecule is Cc1ccccc1C(=O)N/N=C/c1ccc(F)c(Br)c1. The number of nitrogens with zero attached hydrogens (tertiary/aromatic N) is 1. The van der Waals surface area contributed by atoms with Gasteiger partial charge in [-0.05, 0) is 52.2 Å². The standard InChI is InChI=1S/C15H12BrFN2O/c1-10-4-2-3-5-12(10)15(20)19-18-9-11-6-7-14(17)13(16)8-11/h2-9H,1H3,(H,19,20)/b18-9+. The number of hydrogen-bond acceptors (Lipinski definition) is 2. The fourth-order valence-electron chi connectivity index (χ4n) is 1.65. The summed E-state index contributed by atoms with van der Waals surface area (Å²) in [5, 5.41) is 3.86. The van der Waals surface area contributed by atoms with Gasteiger partial charge in [0, 0.05) is 5.56 Å². The van der Waals surface area contributed by atoms with Crippen molar-refractivity contribution in [3.8, 4) is 0 Å². The smallest absolute Gasteiger partial charge is 0.267 e. The first-order chi connectivity index (χ1) is 9.58. The molecule has 102 valence electrons. The molecule has 0 aliphatic rings. The lowest BCUT2D eigenvalue weighted by molar-refractivity contribution is 0.0954. The van der Waals surface area contributed by atoms with Crippen molar-refractivity contribution in [2.45, 2.75) is 6.92 Å². The first-order valence-corrected chi connectivity index (χ1v) is 6.71. The van der Waals surface area contributed by atoms with Crippen LogP contribution in [0.1, 0.15) is 21.5 Å². The molecule has 3 nitrogen and oxygen atoms in total. The maximum Gasteiger partial charge on any atom is 0.271 e. The second-order valence-corrected chi connectivity index (χ2v) is 5.04. The molecule has 0 aromatic heterocycles. The van der Waals surface area contributed by atoms with Crippen LogP contribution >= 0.6 is 15.9 Å². The summed E-state index contributed by atoms with van der Waals surface area (Å²) in [5.41, 5.74) is 4.58. The number of rotatable bonds is 3. The van der Waals surface area contributed by atoms with Crippen LogP contribution in [-0.2, 0) is 0 Å². The monoisotopic (exact) mass is 334 g/mol. The molecule has 20 heavy (non-hydrogen) atoms. The van der Waals surface area contributed by atoms with Gasteiger partial charge in [0.25, 0.3) is 5.91 Å². The number of aryl methyl sites for hydroxylation is 1. The minimum atomic E-state index is -0.342. The number of carbonyl (C=O) groups is 1. The molecule has 0 atom stereocenters. The van der Waals surface area contributed by atoms with Gasteiger partial charge in [-0.15, -0.1) is 0 Å². The summed E-state index contributed by atoms with van der Waals surface area (Å²) in [6.07, 6.45) is 1.46. The summed E-state index contributed by atoms with van der Waals surface area (Å²) in [6.45, 7) is 1.86. The lowest BCUT2D eigenvalue weighted by Gasteiger charge is -2.03. The Bertz CT molecular complexity index is 671. The van der Waals surface area contributed by atoms with Crippen LogP contribution in [0.15, 0.2) is 52.0 Å². The largest absolute Gasteiger partial charge is 0.271 e. The van der Waals surface area contributed by atoms with Gasteiger partial charge in [-0.3, -0.25) is 4.79 Å². The van der Waals surface area contributed by atoms with E-state index in [1.165, 1.54) is 12.3 Å². The Morgan fingerprint density at radius 2 is 2.05 bits per heavy atom. The maximum absolute atomic E-state index is 13.1. The highest BCUT2D eigenvalue weighted by atomic mass is 79.9. The lowest BCUT2D eigenvalue weighted by atomic mass is 10.1. The zero-order valence-electron chi connectivity index (χ0n) is 10.7. The summed E-state index contributed by atoms with van der Waals surface area (Å²) in [5.74, 6) is -0.619. The zero-order chi connectivity index (χ0) is 14.5. The molecule has 2 aromatic carbocycles. The molecule has 0 unspecified atom stereocenters. The predicted octanol–water partition coefficient (Wildman–Crippen LogP) is 3.66. The molecular weight excluding hydrogens is 323 g/mol. The molecule has 1 amide bonds. The average Bonchev–Trinajstić information content (AvgIpc) is 2.43. The number of hydrogen-bond donors (Lipinski definition) is 1. The number of nitrogens with one attached hydrogen (secondary N) is 1. The molecule has 1 N–H and O–H groups in total. The Kier molecular flexibility index (Phi) is 4.63. The first-order valence-electron chi connectivity index (χ1n) is 5.92. The van der Waals surface area contributed by atoms with Gasteiger partial charge in [0.15, 0.2) is 0 Å². The zero-order valence-corrected chi connectivity index (χ0v) is 12.3. The van der Waals surface area contributed by atoms with E-state index in [-0.39, 0.29) is 11.7 Å². The second kappa shape index (κ2) is 6.43. The topological polar surface area (TPSA) is 41.5 Å². The minimum Gasteiger partial charge on any atom is -0.267 e. The summed E-state index contributed by atoms with van der Waals surface area (Å²) in [7, 11) is 0. The number of halogens is 2. The maximum atomic E-state index is 13.1. The molecule has 0 aliphatic heterocycles. The van der Waals surface area contributed by atoms with E-state index in [1.807, 2.05) is 19.1 Å². The number of hydrazone groups is 1. The summed E-state index contributed by atoms with van der Waals surface area (Å²) < 4.78 is 13.4. The third-order valence-corrected chi connectivity index (χ3v) is 3.32. The molecule has 5 heteroatoms. The molecule has 2 rings (SSSR count). The number of carbonyl (C=O) groups excluding carboxylic acids is 1. The molecule has 0 saturated carbocycles. The number of amides is 1. The molecule has 2 aromatic rings. The van der Waals surface area contributed by atoms with Gasteiger partial charge in [0.2, 0.25) is 0 Å². The van der Waals surface area contributed by atoms with E-state index < -0.39 is 0 Å². The van der Waals surface area contributed by atoms with Crippen molar-refractivity contribution < 1.29 is 9.18 Å². The van der Waals surface area contributed by atoms with Crippen molar-refractivity contribution in [2.24, 2.45) is 5.10 Å². The summed E-state index contributed by atoms with van der Waals surface area (Å²) >= 11 is 3.09. The van der Waals surface area contributed by atoms with Crippen LogP contribution in [0.3, 0.4) is 0 Å². The van der Waals surface area contributed by atoms with E-state index in [4.69, 9.17) is 0 Å². The molecule has 0 radical (unpaired) electrons. The molecule has 0 fully saturated rings. The van der Waals surface area contributed by atoms with Crippen molar-refractivity contribution in [3.63, 3.8) is 0 Å². The minimum absolute atomic E-state index is 0.277. The molecule has 0 spiro atoms. The fourth-order valence-corrected chi connectivity index (χ4v) is 2.04. The van der Waals surface area contributed by atoms with Crippen LogP contribution in [0.25, 0.3) is 0 Å². The first kappa shape index (κ1) is 14.4. The van der Waals surface area contributed by atoms with Crippen LogP contribution in [0.4, 0.5) is 4.39 Å². The summed E-state index contributed by atoms with van der Waals surface area (Å²) in [4.78, 5) is 11.9. The van der Waals surface area contributed by atoms with Crippen LogP contribution in [0.2, 0.25) is 0 Å². The second-order valence-electron chi connectivity index (χ2n) is 4.19. The molecule has 0 saturated heterocycles. The Labute approximate surface area is 124 Å². The van der Waals surface area contributed by atoms with Crippen LogP contribution in [-0.4, -0.2) is 12.1 Å². The van der Waals surface area contributed by atoms with E-state index in [0.717, 1.165) is 5.56 Å². The molecule has 0 bridgehead atoms. The van der Waals surface area contributed by atoms with Gasteiger partial charge in [0.1, 0.15) is 5.82 Å². The fraction of sp³-hybridized carbons (Fsp3) is 0.0667. The average molecular weight is 335 g/mol. The van der Waals surface area contributed by atoms with Crippen LogP contribution in [0.5, 0.6) is 0 Å². The van der Waals surface area contributed by atoms with E-state index in [1.54, 1.807) is 24.3 Å². The Morgan fingerprint density at radius 3 is 2.75 bits per heavy atom. The normalized spacial score (nSPS) is 10.8. The van der Waals surface area contributed by atoms with Crippen molar-refractivity contribution in [1.29, 1.82) is 0 Å². The van der Waals surface area contributed by atoms with Crippen molar-refractivity contribution in [1.82, 2.24) is 5.43 Å². The van der Waals surface area contributed by atoms with E-state index in [9.17, 15) is 9.18 Å².